The number of nitrogens with zero attached hydrogens (tertiary/aromatic N) is 5. The number of hydrogen-bond acceptors (Lipinski definition) is 7. The van der Waals surface area contributed by atoms with Crippen molar-refractivity contribution in [3.63, 3.8) is 0 Å². The molecule has 132 valence electrons. The van der Waals surface area contributed by atoms with Crippen molar-refractivity contribution in [2.24, 2.45) is 0 Å². The molecule has 1 saturated heterocycles. The molecular formula is C16H20ClN7O. The largest absolute Gasteiger partial charge is 0.352 e. The molecule has 2 aromatic rings. The van der Waals surface area contributed by atoms with Crippen molar-refractivity contribution in [1.82, 2.24) is 25.3 Å². The maximum Gasteiger partial charge on any atom is 0.271 e. The molecule has 0 bridgehead atoms. The zero-order valence-corrected chi connectivity index (χ0v) is 14.5. The van der Waals surface area contributed by atoms with Crippen LogP contribution in [0.5, 0.6) is 0 Å². The minimum Gasteiger partial charge on any atom is -0.352 e. The first kappa shape index (κ1) is 17.3. The summed E-state index contributed by atoms with van der Waals surface area (Å²) >= 11 is 6.10. The van der Waals surface area contributed by atoms with Gasteiger partial charge in [-0.2, -0.15) is 0 Å². The van der Waals surface area contributed by atoms with E-state index in [4.69, 9.17) is 11.6 Å². The van der Waals surface area contributed by atoms with Crippen LogP contribution in [0.25, 0.3) is 0 Å². The summed E-state index contributed by atoms with van der Waals surface area (Å²) in [6, 6.07) is 1.74. The van der Waals surface area contributed by atoms with Crippen molar-refractivity contribution in [2.75, 3.05) is 36.4 Å². The third kappa shape index (κ3) is 4.76. The second-order valence-corrected chi connectivity index (χ2v) is 6.08. The fraction of sp³-hybridized carbons (Fsp3) is 0.438. The minimum atomic E-state index is -0.318. The molecule has 0 aliphatic carbocycles. The molecule has 0 saturated carbocycles. The van der Waals surface area contributed by atoms with Crippen LogP contribution in [0.15, 0.2) is 24.7 Å². The van der Waals surface area contributed by atoms with Crippen molar-refractivity contribution in [3.8, 4) is 0 Å². The number of nitrogens with one attached hydrogen (secondary N) is 2. The van der Waals surface area contributed by atoms with E-state index in [9.17, 15) is 4.79 Å². The van der Waals surface area contributed by atoms with Crippen LogP contribution in [0, 0.1) is 0 Å². The third-order valence-electron chi connectivity index (χ3n) is 3.84. The van der Waals surface area contributed by atoms with Gasteiger partial charge in [0.05, 0.1) is 11.2 Å². The second-order valence-electron chi connectivity index (χ2n) is 5.67. The van der Waals surface area contributed by atoms with E-state index in [1.807, 2.05) is 0 Å². The van der Waals surface area contributed by atoms with Crippen molar-refractivity contribution in [3.05, 3.63) is 35.4 Å². The standard InChI is InChI=1S/C16H20ClN7O/c17-12-11-22-16(24-9-2-1-3-10-24)23-13(12)14(25)18-7-8-21-15-19-5-4-6-20-15/h4-6,11H,1-3,7-10H2,(H,18,25)(H,19,20,21). The number of aromatic nitrogens is 4. The Morgan fingerprint density at radius 3 is 2.64 bits per heavy atom. The van der Waals surface area contributed by atoms with E-state index in [-0.39, 0.29) is 16.6 Å². The van der Waals surface area contributed by atoms with Crippen LogP contribution < -0.4 is 15.5 Å². The summed E-state index contributed by atoms with van der Waals surface area (Å²) in [5.74, 6) is 0.760. The van der Waals surface area contributed by atoms with Gasteiger partial charge in [-0.3, -0.25) is 4.79 Å². The first-order chi connectivity index (χ1) is 12.2. The predicted octanol–water partition coefficient (Wildman–Crippen LogP) is 1.75. The average Bonchev–Trinajstić information content (AvgIpc) is 2.67. The summed E-state index contributed by atoms with van der Waals surface area (Å²) in [5.41, 5.74) is 0.202. The van der Waals surface area contributed by atoms with Crippen LogP contribution in [0.3, 0.4) is 0 Å². The maximum absolute atomic E-state index is 12.3. The molecule has 0 spiro atoms. The third-order valence-corrected chi connectivity index (χ3v) is 4.12. The summed E-state index contributed by atoms with van der Waals surface area (Å²) in [4.78, 5) is 31.1. The monoisotopic (exact) mass is 361 g/mol. The Bertz CT molecular complexity index is 707. The summed E-state index contributed by atoms with van der Waals surface area (Å²) in [7, 11) is 0. The lowest BCUT2D eigenvalue weighted by Gasteiger charge is -2.26. The van der Waals surface area contributed by atoms with Crippen molar-refractivity contribution in [2.45, 2.75) is 19.3 Å². The molecule has 1 aliphatic heterocycles. The minimum absolute atomic E-state index is 0.202. The van der Waals surface area contributed by atoms with Crippen LogP contribution >= 0.6 is 11.6 Å². The first-order valence-corrected chi connectivity index (χ1v) is 8.68. The molecule has 0 atom stereocenters. The van der Waals surface area contributed by atoms with Crippen molar-refractivity contribution < 1.29 is 4.79 Å². The smallest absolute Gasteiger partial charge is 0.271 e. The van der Waals surface area contributed by atoms with E-state index in [2.05, 4.69) is 35.5 Å². The normalized spacial score (nSPS) is 14.2. The molecule has 0 unspecified atom stereocenters. The number of amides is 1. The quantitative estimate of drug-likeness (QED) is 0.756. The van der Waals surface area contributed by atoms with Crippen molar-refractivity contribution >= 4 is 29.4 Å². The van der Waals surface area contributed by atoms with Gasteiger partial charge in [0.2, 0.25) is 11.9 Å². The molecule has 2 aromatic heterocycles. The van der Waals surface area contributed by atoms with E-state index in [0.717, 1.165) is 25.9 Å². The molecule has 0 radical (unpaired) electrons. The Balaban J connectivity index is 1.55. The van der Waals surface area contributed by atoms with E-state index >= 15 is 0 Å². The van der Waals surface area contributed by atoms with E-state index in [1.54, 1.807) is 18.5 Å². The van der Waals surface area contributed by atoms with E-state index in [0.29, 0.717) is 25.0 Å². The number of carbonyl (C=O) groups is 1. The number of hydrogen-bond donors (Lipinski definition) is 2. The SMILES string of the molecule is O=C(NCCNc1ncccn1)c1nc(N2CCCCC2)ncc1Cl. The molecule has 3 rings (SSSR count). The van der Waals surface area contributed by atoms with Gasteiger partial charge < -0.3 is 15.5 Å². The molecule has 1 aliphatic rings. The molecule has 1 amide bonds. The van der Waals surface area contributed by atoms with Gasteiger partial charge in [0.25, 0.3) is 5.91 Å². The lowest BCUT2D eigenvalue weighted by molar-refractivity contribution is 0.0950. The van der Waals surface area contributed by atoms with Crippen molar-refractivity contribution in [1.29, 1.82) is 0 Å². The van der Waals surface area contributed by atoms with E-state index < -0.39 is 0 Å². The fourth-order valence-electron chi connectivity index (χ4n) is 2.59. The molecule has 9 heteroatoms. The fourth-order valence-corrected chi connectivity index (χ4v) is 2.76. The molecule has 8 nitrogen and oxygen atoms in total. The molecule has 3 heterocycles. The predicted molar refractivity (Wildman–Crippen MR) is 96.0 cm³/mol. The maximum atomic E-state index is 12.3. The number of halogens is 1. The van der Waals surface area contributed by atoms with Crippen LogP contribution in [0.4, 0.5) is 11.9 Å². The Kier molecular flexibility index (Phi) is 5.95. The number of anilines is 2. The number of rotatable bonds is 6. The van der Waals surface area contributed by atoms with E-state index in [1.165, 1.54) is 12.6 Å². The lowest BCUT2D eigenvalue weighted by Crippen LogP contribution is -2.33. The molecular weight excluding hydrogens is 342 g/mol. The van der Waals surface area contributed by atoms with Gasteiger partial charge in [-0.15, -0.1) is 0 Å². The second kappa shape index (κ2) is 8.57. The summed E-state index contributed by atoms with van der Waals surface area (Å²) in [6.45, 7) is 2.71. The Morgan fingerprint density at radius 2 is 1.88 bits per heavy atom. The van der Waals surface area contributed by atoms with Crippen LogP contribution in [0.2, 0.25) is 5.02 Å². The van der Waals surface area contributed by atoms with Gasteiger partial charge in [0, 0.05) is 38.6 Å². The highest BCUT2D eigenvalue weighted by Gasteiger charge is 2.18. The summed E-state index contributed by atoms with van der Waals surface area (Å²) in [6.07, 6.45) is 8.23. The number of piperidine rings is 1. The summed E-state index contributed by atoms with van der Waals surface area (Å²) in [5, 5.41) is 6.06. The number of carbonyl (C=O) groups excluding carboxylic acids is 1. The summed E-state index contributed by atoms with van der Waals surface area (Å²) < 4.78 is 0. The highest BCUT2D eigenvalue weighted by Crippen LogP contribution is 2.19. The highest BCUT2D eigenvalue weighted by atomic mass is 35.5. The zero-order valence-electron chi connectivity index (χ0n) is 13.8. The Morgan fingerprint density at radius 1 is 1.12 bits per heavy atom. The van der Waals surface area contributed by atoms with Gasteiger partial charge in [0.15, 0.2) is 5.69 Å². The Labute approximate surface area is 151 Å². The highest BCUT2D eigenvalue weighted by molar-refractivity contribution is 6.33. The lowest BCUT2D eigenvalue weighted by atomic mass is 10.1. The molecule has 0 aromatic carbocycles. The van der Waals surface area contributed by atoms with Gasteiger partial charge in [-0.05, 0) is 25.3 Å². The molecule has 1 fully saturated rings. The average molecular weight is 362 g/mol. The van der Waals surface area contributed by atoms with Gasteiger partial charge >= 0.3 is 0 Å². The topological polar surface area (TPSA) is 95.9 Å². The van der Waals surface area contributed by atoms with Gasteiger partial charge in [0.1, 0.15) is 0 Å². The Hall–Kier alpha value is -2.48. The van der Waals surface area contributed by atoms with Crippen LogP contribution in [0.1, 0.15) is 29.8 Å². The molecule has 25 heavy (non-hydrogen) atoms. The van der Waals surface area contributed by atoms with Gasteiger partial charge in [-0.25, -0.2) is 19.9 Å². The zero-order chi connectivity index (χ0) is 17.5. The molecule has 2 N–H and O–H groups in total. The van der Waals surface area contributed by atoms with Crippen LogP contribution in [-0.4, -0.2) is 52.0 Å². The van der Waals surface area contributed by atoms with Gasteiger partial charge in [-0.1, -0.05) is 11.6 Å². The first-order valence-electron chi connectivity index (χ1n) is 8.30. The van der Waals surface area contributed by atoms with Crippen LogP contribution in [-0.2, 0) is 0 Å².